The number of alkyl halides is 3. The number of rotatable bonds is 4. The zero-order valence-electron chi connectivity index (χ0n) is 17.5. The van der Waals surface area contributed by atoms with Crippen molar-refractivity contribution in [1.82, 2.24) is 9.88 Å². The lowest BCUT2D eigenvalue weighted by Crippen LogP contribution is -2.38. The molecule has 31 heavy (non-hydrogen) atoms. The van der Waals surface area contributed by atoms with Crippen LogP contribution in [0.3, 0.4) is 0 Å². The van der Waals surface area contributed by atoms with Gasteiger partial charge in [0.15, 0.2) is 0 Å². The Kier molecular flexibility index (Phi) is 5.66. The highest BCUT2D eigenvalue weighted by Gasteiger charge is 2.41. The second-order valence-corrected chi connectivity index (χ2v) is 8.99. The first-order chi connectivity index (χ1) is 14.5. The number of aryl methyl sites for hydroxylation is 2. The maximum atomic E-state index is 13.3. The van der Waals surface area contributed by atoms with Gasteiger partial charge < -0.3 is 9.64 Å². The lowest BCUT2D eigenvalue weighted by atomic mass is 9.98. The quantitative estimate of drug-likeness (QED) is 0.537. The van der Waals surface area contributed by atoms with Crippen LogP contribution in [-0.2, 0) is 17.5 Å². The summed E-state index contributed by atoms with van der Waals surface area (Å²) in [5, 5.41) is 0. The highest BCUT2D eigenvalue weighted by molar-refractivity contribution is 9.10. The van der Waals surface area contributed by atoms with Crippen molar-refractivity contribution in [2.45, 2.75) is 52.1 Å². The van der Waals surface area contributed by atoms with Gasteiger partial charge in [0, 0.05) is 17.6 Å². The number of carbonyl (C=O) groups is 1. The van der Waals surface area contributed by atoms with E-state index in [9.17, 15) is 18.0 Å². The first-order valence-electron chi connectivity index (χ1n) is 10.1. The fourth-order valence-electron chi connectivity index (χ4n) is 3.98. The molecule has 1 amide bonds. The molecule has 2 fully saturated rings. The summed E-state index contributed by atoms with van der Waals surface area (Å²) in [7, 11) is 0. The number of hydrogen-bond donors (Lipinski definition) is 0. The summed E-state index contributed by atoms with van der Waals surface area (Å²) < 4.78 is 46.1. The highest BCUT2D eigenvalue weighted by atomic mass is 79.9. The molecular weight excluding hydrogens is 475 g/mol. The summed E-state index contributed by atoms with van der Waals surface area (Å²) in [5.41, 5.74) is 1.78. The van der Waals surface area contributed by atoms with E-state index in [1.165, 1.54) is 4.90 Å². The molecule has 0 unspecified atom stereocenters. The van der Waals surface area contributed by atoms with Gasteiger partial charge >= 0.3 is 12.3 Å². The molecule has 1 aromatic heterocycles. The van der Waals surface area contributed by atoms with E-state index in [2.05, 4.69) is 20.8 Å². The van der Waals surface area contributed by atoms with Crippen molar-refractivity contribution in [3.05, 3.63) is 56.7 Å². The number of hydrogen-bond acceptors (Lipinski definition) is 4. The van der Waals surface area contributed by atoms with Gasteiger partial charge in [-0.2, -0.15) is 13.2 Å². The molecule has 2 saturated heterocycles. The summed E-state index contributed by atoms with van der Waals surface area (Å²) in [5.74, 6) is 0.868. The summed E-state index contributed by atoms with van der Waals surface area (Å²) in [6.45, 7) is 7.46. The average Bonchev–Trinajstić information content (AvgIpc) is 2.91. The standard InChI is InChI=1S/C22H23BrF3N3O2/c1-12-7-15(10-16(8-12)22(24,25)26)20-14(3)29(21(30)31-20)11-17-19(23)13(2)9-18(27-17)28-5-4-6-28/h7-10,14,20H,4-6,11H2,1-3H3/t14-,20-/m0/s1. The number of benzene rings is 1. The van der Waals surface area contributed by atoms with Crippen molar-refractivity contribution in [2.75, 3.05) is 18.0 Å². The van der Waals surface area contributed by atoms with Gasteiger partial charge in [-0.3, -0.25) is 4.90 Å². The van der Waals surface area contributed by atoms with Crippen LogP contribution in [0.25, 0.3) is 0 Å². The maximum absolute atomic E-state index is 13.3. The smallest absolute Gasteiger partial charge is 0.416 e. The van der Waals surface area contributed by atoms with Crippen molar-refractivity contribution in [3.63, 3.8) is 0 Å². The van der Waals surface area contributed by atoms with Gasteiger partial charge in [0.1, 0.15) is 11.9 Å². The van der Waals surface area contributed by atoms with Gasteiger partial charge in [-0.05, 0) is 72.4 Å². The number of halogens is 4. The second-order valence-electron chi connectivity index (χ2n) is 8.20. The highest BCUT2D eigenvalue weighted by Crippen LogP contribution is 2.38. The molecule has 0 saturated carbocycles. The van der Waals surface area contributed by atoms with Crippen LogP contribution >= 0.6 is 15.9 Å². The molecule has 5 nitrogen and oxygen atoms in total. The van der Waals surface area contributed by atoms with Crippen molar-refractivity contribution in [1.29, 1.82) is 0 Å². The van der Waals surface area contributed by atoms with E-state index in [-0.39, 0.29) is 6.54 Å². The van der Waals surface area contributed by atoms with Gasteiger partial charge in [0.25, 0.3) is 0 Å². The third kappa shape index (κ3) is 4.24. The predicted octanol–water partition coefficient (Wildman–Crippen LogP) is 5.77. The number of carbonyl (C=O) groups excluding carboxylic acids is 1. The monoisotopic (exact) mass is 497 g/mol. The first kappa shape index (κ1) is 21.9. The molecule has 4 rings (SSSR count). The molecule has 0 spiro atoms. The lowest BCUT2D eigenvalue weighted by Gasteiger charge is -2.33. The van der Waals surface area contributed by atoms with Crippen LogP contribution in [0.4, 0.5) is 23.8 Å². The van der Waals surface area contributed by atoms with Gasteiger partial charge in [-0.1, -0.05) is 11.6 Å². The molecule has 2 atom stereocenters. The zero-order valence-corrected chi connectivity index (χ0v) is 19.0. The van der Waals surface area contributed by atoms with Crippen molar-refractivity contribution < 1.29 is 22.7 Å². The van der Waals surface area contributed by atoms with Crippen molar-refractivity contribution in [2.24, 2.45) is 0 Å². The summed E-state index contributed by atoms with van der Waals surface area (Å²) in [6.07, 6.45) is -4.68. The predicted molar refractivity (Wildman–Crippen MR) is 114 cm³/mol. The molecule has 0 radical (unpaired) electrons. The fraction of sp³-hybridized carbons (Fsp3) is 0.455. The molecule has 2 aromatic rings. The number of amides is 1. The van der Waals surface area contributed by atoms with Gasteiger partial charge in [-0.25, -0.2) is 9.78 Å². The molecule has 3 heterocycles. The minimum atomic E-state index is -4.46. The lowest BCUT2D eigenvalue weighted by molar-refractivity contribution is -0.137. The molecule has 166 valence electrons. The number of ether oxygens (including phenoxy) is 1. The molecule has 2 aliphatic heterocycles. The Labute approximate surface area is 187 Å². The molecule has 0 bridgehead atoms. The Morgan fingerprint density at radius 3 is 2.52 bits per heavy atom. The van der Waals surface area contributed by atoms with Crippen LogP contribution in [-0.4, -0.2) is 35.1 Å². The first-order valence-corrected chi connectivity index (χ1v) is 10.9. The van der Waals surface area contributed by atoms with Crippen LogP contribution in [0.5, 0.6) is 0 Å². The van der Waals surface area contributed by atoms with Crippen molar-refractivity contribution >= 4 is 27.8 Å². The molecule has 2 aliphatic rings. The number of nitrogens with zero attached hydrogens (tertiary/aromatic N) is 3. The number of aromatic nitrogens is 1. The van der Waals surface area contributed by atoms with E-state index in [0.29, 0.717) is 16.8 Å². The Morgan fingerprint density at radius 1 is 1.19 bits per heavy atom. The van der Waals surface area contributed by atoms with E-state index in [4.69, 9.17) is 9.72 Å². The Hall–Kier alpha value is -2.29. The largest absolute Gasteiger partial charge is 0.439 e. The summed E-state index contributed by atoms with van der Waals surface area (Å²) >= 11 is 3.57. The van der Waals surface area contributed by atoms with Gasteiger partial charge in [0.05, 0.1) is 23.8 Å². The van der Waals surface area contributed by atoms with Crippen LogP contribution < -0.4 is 4.90 Å². The fourth-order valence-corrected chi connectivity index (χ4v) is 4.31. The van der Waals surface area contributed by atoms with E-state index < -0.39 is 30.0 Å². The van der Waals surface area contributed by atoms with E-state index in [0.717, 1.165) is 47.5 Å². The van der Waals surface area contributed by atoms with Crippen LogP contribution in [0, 0.1) is 13.8 Å². The third-order valence-corrected chi connectivity index (χ3v) is 6.93. The summed E-state index contributed by atoms with van der Waals surface area (Å²) in [6, 6.07) is 5.35. The Morgan fingerprint density at radius 2 is 1.90 bits per heavy atom. The van der Waals surface area contributed by atoms with Gasteiger partial charge in [-0.15, -0.1) is 0 Å². The van der Waals surface area contributed by atoms with E-state index in [1.54, 1.807) is 19.9 Å². The molecule has 0 aliphatic carbocycles. The van der Waals surface area contributed by atoms with Crippen LogP contribution in [0.1, 0.15) is 47.4 Å². The summed E-state index contributed by atoms with van der Waals surface area (Å²) in [4.78, 5) is 21.1. The zero-order chi connectivity index (χ0) is 22.5. The SMILES string of the molecule is Cc1cc([C@H]2OC(=O)N(Cc3nc(N4CCC4)cc(C)c3Br)[C@H]2C)cc(C(F)(F)F)c1. The molecule has 9 heteroatoms. The van der Waals surface area contributed by atoms with E-state index >= 15 is 0 Å². The number of pyridine rings is 1. The minimum absolute atomic E-state index is 0.206. The van der Waals surface area contributed by atoms with Gasteiger partial charge in [0.2, 0.25) is 0 Å². The number of cyclic esters (lactones) is 1. The maximum Gasteiger partial charge on any atom is 0.416 e. The topological polar surface area (TPSA) is 45.7 Å². The Balaban J connectivity index is 1.61. The molecule has 1 aromatic carbocycles. The van der Waals surface area contributed by atoms with Crippen LogP contribution in [0.2, 0.25) is 0 Å². The minimum Gasteiger partial charge on any atom is -0.439 e. The van der Waals surface area contributed by atoms with Crippen molar-refractivity contribution in [3.8, 4) is 0 Å². The third-order valence-electron chi connectivity index (χ3n) is 5.84. The normalized spacial score (nSPS) is 21.3. The second kappa shape index (κ2) is 8.00. The average molecular weight is 498 g/mol. The molecular formula is C22H23BrF3N3O2. The molecule has 0 N–H and O–H groups in total. The van der Waals surface area contributed by atoms with E-state index in [1.807, 2.05) is 13.0 Å². The van der Waals surface area contributed by atoms with Crippen LogP contribution in [0.15, 0.2) is 28.7 Å². The Bertz CT molecular complexity index is 1020. The number of anilines is 1.